The van der Waals surface area contributed by atoms with Gasteiger partial charge in [0.05, 0.1) is 59.3 Å². The van der Waals surface area contributed by atoms with Gasteiger partial charge in [-0.05, 0) is 26.8 Å². The van der Waals surface area contributed by atoms with Crippen LogP contribution in [0.3, 0.4) is 0 Å². The third-order valence-corrected chi connectivity index (χ3v) is 6.03. The van der Waals surface area contributed by atoms with Crippen molar-refractivity contribution in [2.75, 3.05) is 35.6 Å². The summed E-state index contributed by atoms with van der Waals surface area (Å²) < 4.78 is 9.14. The average molecular weight is 506 g/mol. The van der Waals surface area contributed by atoms with Gasteiger partial charge in [-0.2, -0.15) is 15.2 Å². The molecular weight excluding hydrogens is 474 g/mol. The third kappa shape index (κ3) is 5.67. The van der Waals surface area contributed by atoms with Crippen LogP contribution in [0.25, 0.3) is 11.0 Å². The summed E-state index contributed by atoms with van der Waals surface area (Å²) in [5.41, 5.74) is 3.55. The van der Waals surface area contributed by atoms with Crippen molar-refractivity contribution in [1.29, 1.82) is 0 Å². The average Bonchev–Trinajstić information content (AvgIpc) is 3.37. The van der Waals surface area contributed by atoms with Crippen molar-refractivity contribution >= 4 is 45.8 Å². The normalized spacial score (nSPS) is 18.2. The van der Waals surface area contributed by atoms with E-state index in [0.717, 1.165) is 35.5 Å². The zero-order valence-corrected chi connectivity index (χ0v) is 21.6. The lowest BCUT2D eigenvalue weighted by Crippen LogP contribution is -2.48. The lowest BCUT2D eigenvalue weighted by Gasteiger charge is -2.34. The number of hydrogen-bond acceptors (Lipinski definition) is 10. The van der Waals surface area contributed by atoms with E-state index in [1.54, 1.807) is 28.0 Å². The number of pyridine rings is 1. The van der Waals surface area contributed by atoms with Crippen LogP contribution in [0.15, 0.2) is 30.9 Å². The van der Waals surface area contributed by atoms with Crippen molar-refractivity contribution < 1.29 is 9.53 Å². The Balaban J connectivity index is 1.30. The number of amides is 1. The Morgan fingerprint density at radius 1 is 1.08 bits per heavy atom. The van der Waals surface area contributed by atoms with Crippen molar-refractivity contribution in [2.45, 2.75) is 33.0 Å². The molecule has 2 atom stereocenters. The number of carbonyl (C=O) groups excluding carboxylic acids is 1. The molecule has 1 aliphatic rings. The monoisotopic (exact) mass is 505 g/mol. The molecule has 0 bridgehead atoms. The highest BCUT2D eigenvalue weighted by Crippen LogP contribution is 2.27. The van der Waals surface area contributed by atoms with Crippen LogP contribution in [0.1, 0.15) is 19.5 Å². The fraction of sp³-hybridized carbons (Fsp3) is 0.417. The molecule has 4 aromatic heterocycles. The highest BCUT2D eigenvalue weighted by atomic mass is 16.5. The molecule has 13 nitrogen and oxygen atoms in total. The molecule has 1 saturated heterocycles. The van der Waals surface area contributed by atoms with Crippen molar-refractivity contribution in [3.8, 4) is 0 Å². The zero-order valence-electron chi connectivity index (χ0n) is 21.6. The van der Waals surface area contributed by atoms with Gasteiger partial charge in [-0.3, -0.25) is 19.4 Å². The van der Waals surface area contributed by atoms with E-state index in [4.69, 9.17) is 4.74 Å². The van der Waals surface area contributed by atoms with Gasteiger partial charge in [0.15, 0.2) is 11.5 Å². The number of rotatable bonds is 7. The van der Waals surface area contributed by atoms with Crippen molar-refractivity contribution in [1.82, 2.24) is 39.4 Å². The molecule has 4 aromatic rings. The smallest absolute Gasteiger partial charge is 0.238 e. The minimum atomic E-state index is -0.0942. The molecule has 0 aromatic carbocycles. The molecule has 0 spiro atoms. The second-order valence-corrected chi connectivity index (χ2v) is 9.41. The van der Waals surface area contributed by atoms with E-state index in [-0.39, 0.29) is 18.1 Å². The zero-order chi connectivity index (χ0) is 26.1. The molecule has 0 radical (unpaired) electrons. The topological polar surface area (TPSA) is 140 Å². The van der Waals surface area contributed by atoms with E-state index in [9.17, 15) is 4.79 Å². The molecule has 0 aliphatic carbocycles. The summed E-state index contributed by atoms with van der Waals surface area (Å²) in [5, 5.41) is 18.9. The predicted molar refractivity (Wildman–Crippen MR) is 140 cm³/mol. The first-order valence-corrected chi connectivity index (χ1v) is 12.1. The molecule has 1 aliphatic heterocycles. The molecule has 13 heteroatoms. The number of hydrogen-bond donors (Lipinski definition) is 3. The number of nitrogens with one attached hydrogen (secondary N) is 3. The quantitative estimate of drug-likeness (QED) is 0.343. The molecule has 37 heavy (non-hydrogen) atoms. The highest BCUT2D eigenvalue weighted by molar-refractivity contribution is 5.93. The molecule has 0 saturated carbocycles. The second-order valence-electron chi connectivity index (χ2n) is 9.41. The number of fused-ring (bicyclic) bond motifs is 1. The third-order valence-electron chi connectivity index (χ3n) is 6.03. The summed E-state index contributed by atoms with van der Waals surface area (Å²) in [7, 11) is 3.67. The van der Waals surface area contributed by atoms with Gasteiger partial charge >= 0.3 is 0 Å². The largest absolute Gasteiger partial charge is 0.373 e. The number of nitrogens with zero attached hydrogens (tertiary/aromatic N) is 8. The van der Waals surface area contributed by atoms with Crippen LogP contribution in [0.4, 0.5) is 28.8 Å². The summed E-state index contributed by atoms with van der Waals surface area (Å²) in [6.07, 6.45) is 7.12. The number of morpholine rings is 1. The standard InChI is InChI=1S/C24H31N11O2/c1-14-10-35(11-15(2)37-14)13-21(36)28-17-6-20(16(3)25-7-17)30-22-19-9-26-24(31-23(19)34(5)32-22)29-18-8-27-33(4)12-18/h6-9,12,14-15H,10-11,13H2,1-5H3,(H,28,36)(H,30,32)(H,26,29,31)/t14-,15-/m0/s1. The van der Waals surface area contributed by atoms with Gasteiger partial charge in [0.2, 0.25) is 11.9 Å². The van der Waals surface area contributed by atoms with Crippen LogP contribution in [0.5, 0.6) is 0 Å². The summed E-state index contributed by atoms with van der Waals surface area (Å²) in [6, 6.07) is 1.85. The molecule has 5 heterocycles. The van der Waals surface area contributed by atoms with Crippen LogP contribution in [-0.2, 0) is 23.6 Å². The van der Waals surface area contributed by atoms with Crippen LogP contribution < -0.4 is 16.0 Å². The highest BCUT2D eigenvalue weighted by Gasteiger charge is 2.24. The van der Waals surface area contributed by atoms with Gasteiger partial charge in [0.1, 0.15) is 0 Å². The SMILES string of the molecule is Cc1ncc(NC(=O)CN2C[C@H](C)O[C@@H](C)C2)cc1Nc1nn(C)c2nc(Nc3cnn(C)c3)ncc12. The van der Waals surface area contributed by atoms with Gasteiger partial charge in [-0.25, -0.2) is 9.67 Å². The Morgan fingerprint density at radius 2 is 1.86 bits per heavy atom. The van der Waals surface area contributed by atoms with E-state index < -0.39 is 0 Å². The van der Waals surface area contributed by atoms with E-state index in [1.807, 2.05) is 47.1 Å². The van der Waals surface area contributed by atoms with Gasteiger partial charge in [-0.15, -0.1) is 0 Å². The number of aromatic nitrogens is 7. The van der Waals surface area contributed by atoms with Crippen LogP contribution >= 0.6 is 0 Å². The van der Waals surface area contributed by atoms with Crippen molar-refractivity contribution in [3.63, 3.8) is 0 Å². The first-order chi connectivity index (χ1) is 17.7. The number of aryl methyl sites for hydroxylation is 3. The van der Waals surface area contributed by atoms with Crippen LogP contribution in [0, 0.1) is 6.92 Å². The minimum absolute atomic E-state index is 0.0942. The Labute approximate surface area is 214 Å². The lowest BCUT2D eigenvalue weighted by atomic mass is 10.2. The Kier molecular flexibility index (Phi) is 6.72. The maximum atomic E-state index is 12.7. The fourth-order valence-corrected chi connectivity index (χ4v) is 4.48. The lowest BCUT2D eigenvalue weighted by molar-refractivity contribution is -0.121. The Bertz CT molecular complexity index is 1420. The summed E-state index contributed by atoms with van der Waals surface area (Å²) in [6.45, 7) is 7.68. The number of anilines is 5. The fourth-order valence-electron chi connectivity index (χ4n) is 4.48. The molecule has 1 fully saturated rings. The van der Waals surface area contributed by atoms with Gasteiger partial charge in [0, 0.05) is 39.6 Å². The van der Waals surface area contributed by atoms with E-state index >= 15 is 0 Å². The molecule has 1 amide bonds. The van der Waals surface area contributed by atoms with Gasteiger partial charge in [-0.1, -0.05) is 0 Å². The first-order valence-electron chi connectivity index (χ1n) is 12.1. The molecule has 3 N–H and O–H groups in total. The summed E-state index contributed by atoms with van der Waals surface area (Å²) in [5.74, 6) is 0.944. The van der Waals surface area contributed by atoms with Gasteiger partial charge in [0.25, 0.3) is 0 Å². The first kappa shape index (κ1) is 24.6. The van der Waals surface area contributed by atoms with Crippen molar-refractivity contribution in [2.24, 2.45) is 14.1 Å². The molecular formula is C24H31N11O2. The minimum Gasteiger partial charge on any atom is -0.373 e. The van der Waals surface area contributed by atoms with E-state index in [1.165, 1.54) is 0 Å². The molecule has 0 unspecified atom stereocenters. The molecule has 5 rings (SSSR count). The van der Waals surface area contributed by atoms with Crippen LogP contribution in [0.2, 0.25) is 0 Å². The maximum absolute atomic E-state index is 12.7. The predicted octanol–water partition coefficient (Wildman–Crippen LogP) is 2.34. The summed E-state index contributed by atoms with van der Waals surface area (Å²) >= 11 is 0. The second kappa shape index (κ2) is 10.1. The van der Waals surface area contributed by atoms with Gasteiger partial charge < -0.3 is 20.7 Å². The number of carbonyl (C=O) groups is 1. The van der Waals surface area contributed by atoms with Crippen molar-refractivity contribution in [3.05, 3.63) is 36.5 Å². The molecule has 194 valence electrons. The Morgan fingerprint density at radius 3 is 2.59 bits per heavy atom. The Hall–Kier alpha value is -4.10. The van der Waals surface area contributed by atoms with E-state index in [2.05, 4.69) is 46.0 Å². The van der Waals surface area contributed by atoms with E-state index in [0.29, 0.717) is 29.6 Å². The van der Waals surface area contributed by atoms with Crippen LogP contribution in [-0.4, -0.2) is 77.2 Å². The summed E-state index contributed by atoms with van der Waals surface area (Å²) in [4.78, 5) is 28.3. The maximum Gasteiger partial charge on any atom is 0.238 e. The number of ether oxygens (including phenoxy) is 1.